The van der Waals surface area contributed by atoms with Crippen molar-refractivity contribution in [2.45, 2.75) is 11.8 Å². The van der Waals surface area contributed by atoms with Crippen molar-refractivity contribution in [1.82, 2.24) is 0 Å². The molecule has 1 amide bonds. The first kappa shape index (κ1) is 12.0. The van der Waals surface area contributed by atoms with Crippen LogP contribution in [0.25, 0.3) is 0 Å². The van der Waals surface area contributed by atoms with Crippen molar-refractivity contribution >= 4 is 34.8 Å². The Kier molecular flexibility index (Phi) is 3.38. The zero-order valence-corrected chi connectivity index (χ0v) is 10.6. The maximum atomic E-state index is 11.8. The quantitative estimate of drug-likeness (QED) is 0.888. The first-order chi connectivity index (χ1) is 8.11. The number of carbonyl (C=O) groups excluding carboxylic acids is 2. The smallest absolute Gasteiger partial charge is 0.237 e. The highest BCUT2D eigenvalue weighted by Gasteiger charge is 2.25. The van der Waals surface area contributed by atoms with Gasteiger partial charge in [-0.05, 0) is 25.1 Å². The lowest BCUT2D eigenvalue weighted by Gasteiger charge is -2.28. The van der Waals surface area contributed by atoms with Gasteiger partial charge < -0.3 is 10.2 Å². The van der Waals surface area contributed by atoms with Gasteiger partial charge in [0, 0.05) is 17.6 Å². The van der Waals surface area contributed by atoms with Crippen LogP contribution in [0.5, 0.6) is 0 Å². The molecule has 1 aromatic rings. The van der Waals surface area contributed by atoms with E-state index in [-0.39, 0.29) is 18.2 Å². The van der Waals surface area contributed by atoms with Crippen molar-refractivity contribution in [1.29, 1.82) is 0 Å². The number of thioether (sulfide) groups is 1. The molecule has 17 heavy (non-hydrogen) atoms. The predicted octanol–water partition coefficient (Wildman–Crippen LogP) is 1.76. The molecular formula is C12H14N2O2S. The maximum Gasteiger partial charge on any atom is 0.237 e. The molecule has 4 nitrogen and oxygen atoms in total. The maximum absolute atomic E-state index is 11.8. The van der Waals surface area contributed by atoms with Gasteiger partial charge in [-0.25, -0.2) is 0 Å². The van der Waals surface area contributed by atoms with Gasteiger partial charge >= 0.3 is 0 Å². The van der Waals surface area contributed by atoms with E-state index in [1.807, 2.05) is 25.2 Å². The van der Waals surface area contributed by atoms with Crippen LogP contribution in [0, 0.1) is 0 Å². The van der Waals surface area contributed by atoms with E-state index in [0.717, 1.165) is 16.3 Å². The minimum Gasteiger partial charge on any atom is -0.388 e. The summed E-state index contributed by atoms with van der Waals surface area (Å²) >= 11 is 1.52. The number of nitrogens with one attached hydrogen (secondary N) is 1. The molecule has 0 unspecified atom stereocenters. The number of hydrogen-bond donors (Lipinski definition) is 1. The number of benzene rings is 1. The van der Waals surface area contributed by atoms with E-state index >= 15 is 0 Å². The van der Waals surface area contributed by atoms with E-state index in [1.54, 1.807) is 4.90 Å². The summed E-state index contributed by atoms with van der Waals surface area (Å²) in [6.45, 7) is 1.65. The van der Waals surface area contributed by atoms with Gasteiger partial charge in [0.25, 0.3) is 0 Å². The van der Waals surface area contributed by atoms with Crippen LogP contribution in [0.2, 0.25) is 0 Å². The summed E-state index contributed by atoms with van der Waals surface area (Å²) in [4.78, 5) is 25.6. The molecule has 0 aliphatic carbocycles. The second-order valence-electron chi connectivity index (χ2n) is 3.90. The number of ketones is 1. The molecule has 1 aromatic carbocycles. The van der Waals surface area contributed by atoms with E-state index in [4.69, 9.17) is 0 Å². The summed E-state index contributed by atoms with van der Waals surface area (Å²) in [5, 5.41) is 3.03. The van der Waals surface area contributed by atoms with Crippen LogP contribution in [0.4, 0.5) is 11.4 Å². The van der Waals surface area contributed by atoms with Crippen LogP contribution in [0.15, 0.2) is 23.1 Å². The Morgan fingerprint density at radius 3 is 2.94 bits per heavy atom. The number of fused-ring (bicyclic) bond motifs is 1. The summed E-state index contributed by atoms with van der Waals surface area (Å²) in [7, 11) is 1.83. The van der Waals surface area contributed by atoms with Crippen LogP contribution in [0.1, 0.15) is 6.92 Å². The zero-order valence-electron chi connectivity index (χ0n) is 9.82. The fourth-order valence-electron chi connectivity index (χ4n) is 1.75. The highest BCUT2D eigenvalue weighted by atomic mass is 32.2. The summed E-state index contributed by atoms with van der Waals surface area (Å²) in [5.41, 5.74) is 1.76. The number of Topliss-reactive ketones (excluding diaryl/α,β-unsaturated/α-hetero) is 1. The lowest BCUT2D eigenvalue weighted by atomic mass is 10.2. The van der Waals surface area contributed by atoms with Crippen LogP contribution in [-0.2, 0) is 9.59 Å². The largest absolute Gasteiger partial charge is 0.388 e. The van der Waals surface area contributed by atoms with E-state index in [9.17, 15) is 9.59 Å². The third-order valence-electron chi connectivity index (χ3n) is 2.57. The Labute approximate surface area is 104 Å². The fraction of sp³-hybridized carbons (Fsp3) is 0.333. The van der Waals surface area contributed by atoms with Crippen molar-refractivity contribution in [2.75, 3.05) is 29.6 Å². The van der Waals surface area contributed by atoms with Crippen LogP contribution in [0.3, 0.4) is 0 Å². The molecule has 0 spiro atoms. The first-order valence-electron chi connectivity index (χ1n) is 5.36. The average Bonchev–Trinajstić information content (AvgIpc) is 2.32. The Morgan fingerprint density at radius 1 is 1.53 bits per heavy atom. The van der Waals surface area contributed by atoms with Gasteiger partial charge in [0.05, 0.1) is 18.0 Å². The van der Waals surface area contributed by atoms with Crippen molar-refractivity contribution in [3.63, 3.8) is 0 Å². The molecule has 1 aliphatic rings. The minimum absolute atomic E-state index is 0.00828. The average molecular weight is 250 g/mol. The van der Waals surface area contributed by atoms with Gasteiger partial charge in [0.1, 0.15) is 5.78 Å². The van der Waals surface area contributed by atoms with Gasteiger partial charge in [-0.3, -0.25) is 9.59 Å². The monoisotopic (exact) mass is 250 g/mol. The molecular weight excluding hydrogens is 236 g/mol. The van der Waals surface area contributed by atoms with E-state index in [0.29, 0.717) is 5.75 Å². The molecule has 0 atom stereocenters. The lowest BCUT2D eigenvalue weighted by Crippen LogP contribution is -2.38. The molecule has 0 radical (unpaired) electrons. The molecule has 1 aliphatic heterocycles. The third-order valence-corrected chi connectivity index (χ3v) is 3.62. The standard InChI is InChI=1S/C12H14N2O2S/c1-8(15)6-14-10-5-9(13-2)3-4-11(10)17-7-12(14)16/h3-5,13H,6-7H2,1-2H3. The van der Waals surface area contributed by atoms with Crippen molar-refractivity contribution in [3.8, 4) is 0 Å². The Balaban J connectivity index is 2.41. The Morgan fingerprint density at radius 2 is 2.29 bits per heavy atom. The summed E-state index contributed by atoms with van der Waals surface area (Å²) in [6.07, 6.45) is 0. The highest BCUT2D eigenvalue weighted by molar-refractivity contribution is 8.00. The molecule has 0 bridgehead atoms. The van der Waals surface area contributed by atoms with Crippen molar-refractivity contribution < 1.29 is 9.59 Å². The number of hydrogen-bond acceptors (Lipinski definition) is 4. The molecule has 0 saturated carbocycles. The molecule has 90 valence electrons. The third kappa shape index (κ3) is 2.44. The van der Waals surface area contributed by atoms with Gasteiger partial charge in [0.15, 0.2) is 0 Å². The zero-order chi connectivity index (χ0) is 12.4. The van der Waals surface area contributed by atoms with Gasteiger partial charge in [-0.1, -0.05) is 0 Å². The second kappa shape index (κ2) is 4.79. The second-order valence-corrected chi connectivity index (χ2v) is 4.92. The highest BCUT2D eigenvalue weighted by Crippen LogP contribution is 2.36. The van der Waals surface area contributed by atoms with Gasteiger partial charge in [0.2, 0.25) is 5.91 Å². The van der Waals surface area contributed by atoms with Gasteiger partial charge in [-0.2, -0.15) is 0 Å². The molecule has 0 saturated heterocycles. The van der Waals surface area contributed by atoms with Crippen LogP contribution in [-0.4, -0.2) is 31.0 Å². The molecule has 0 fully saturated rings. The number of anilines is 2. The number of amides is 1. The SMILES string of the molecule is CNc1ccc2c(c1)N(CC(C)=O)C(=O)CS2. The summed E-state index contributed by atoms with van der Waals surface area (Å²) < 4.78 is 0. The topological polar surface area (TPSA) is 49.4 Å². The van der Waals surface area contributed by atoms with Crippen molar-refractivity contribution in [2.24, 2.45) is 0 Å². The molecule has 0 aromatic heterocycles. The summed E-state index contributed by atoms with van der Waals surface area (Å²) in [5.74, 6) is 0.385. The number of carbonyl (C=O) groups is 2. The molecule has 1 heterocycles. The summed E-state index contributed by atoms with van der Waals surface area (Å²) in [6, 6.07) is 5.85. The fourth-order valence-corrected chi connectivity index (χ4v) is 2.67. The van der Waals surface area contributed by atoms with E-state index in [1.165, 1.54) is 18.7 Å². The first-order valence-corrected chi connectivity index (χ1v) is 6.35. The normalized spacial score (nSPS) is 14.5. The van der Waals surface area contributed by atoms with Crippen molar-refractivity contribution in [3.05, 3.63) is 18.2 Å². The van der Waals surface area contributed by atoms with E-state index < -0.39 is 0 Å². The molecule has 2 rings (SSSR count). The number of rotatable bonds is 3. The molecule has 1 N–H and O–H groups in total. The molecule has 5 heteroatoms. The number of nitrogens with zero attached hydrogens (tertiary/aromatic N) is 1. The van der Waals surface area contributed by atoms with E-state index in [2.05, 4.69) is 5.32 Å². The predicted molar refractivity (Wildman–Crippen MR) is 69.7 cm³/mol. The van der Waals surface area contributed by atoms with Crippen LogP contribution >= 0.6 is 11.8 Å². The van der Waals surface area contributed by atoms with Gasteiger partial charge in [-0.15, -0.1) is 11.8 Å². The Hall–Kier alpha value is -1.49. The van der Waals surface area contributed by atoms with Crippen LogP contribution < -0.4 is 10.2 Å². The minimum atomic E-state index is -0.00838. The lowest BCUT2D eigenvalue weighted by molar-refractivity contribution is -0.120. The Bertz CT molecular complexity index is 474.